The lowest BCUT2D eigenvalue weighted by Crippen LogP contribution is -2.74. The van der Waals surface area contributed by atoms with Gasteiger partial charge in [-0.25, -0.2) is 9.78 Å². The SMILES string of the molecule is CC1CCC2(OC1)OC1CC3C45C=CC6(CC(OC7OC(CO)C(O)C(O)C7OC7OC(C)C(O)C(O)C7O)CCC6(C)C4CCC3(C)C1(O)C2C)OO5. The Bertz CT molecular complexity index is 1470. The molecule has 22 unspecified atom stereocenters. The van der Waals surface area contributed by atoms with E-state index in [2.05, 4.69) is 39.8 Å². The van der Waals surface area contributed by atoms with Crippen molar-refractivity contribution in [2.75, 3.05) is 13.2 Å². The zero-order valence-electron chi connectivity index (χ0n) is 31.9. The van der Waals surface area contributed by atoms with Gasteiger partial charge in [-0.05, 0) is 57.4 Å². The fraction of sp³-hybridized carbons (Fsp3) is 0.949. The Labute approximate surface area is 315 Å². The first-order chi connectivity index (χ1) is 25.5. The van der Waals surface area contributed by atoms with Gasteiger partial charge < -0.3 is 64.2 Å². The van der Waals surface area contributed by atoms with E-state index in [-0.39, 0.29) is 29.3 Å². The van der Waals surface area contributed by atoms with Crippen LogP contribution in [0.15, 0.2) is 12.2 Å². The van der Waals surface area contributed by atoms with Crippen molar-refractivity contribution in [2.24, 2.45) is 34.5 Å². The normalized spacial score (nSPS) is 61.9. The molecule has 10 aliphatic rings. The van der Waals surface area contributed by atoms with Crippen LogP contribution in [0.3, 0.4) is 0 Å². The summed E-state index contributed by atoms with van der Waals surface area (Å²) in [5.41, 5.74) is -3.57. The summed E-state index contributed by atoms with van der Waals surface area (Å²) in [6, 6.07) is 0. The Morgan fingerprint density at radius 2 is 1.52 bits per heavy atom. The molecule has 3 spiro atoms. The Morgan fingerprint density at radius 3 is 2.20 bits per heavy atom. The highest BCUT2D eigenvalue weighted by Crippen LogP contribution is 2.76. The number of aliphatic hydroxyl groups excluding tert-OH is 6. The predicted octanol–water partition coefficient (Wildman–Crippen LogP) is 0.568. The van der Waals surface area contributed by atoms with Crippen LogP contribution in [0.4, 0.5) is 0 Å². The van der Waals surface area contributed by atoms with Gasteiger partial charge in [0.2, 0.25) is 0 Å². The van der Waals surface area contributed by atoms with Crippen molar-refractivity contribution in [1.29, 1.82) is 0 Å². The van der Waals surface area contributed by atoms with Crippen LogP contribution in [0.2, 0.25) is 0 Å². The first kappa shape index (κ1) is 38.6. The summed E-state index contributed by atoms with van der Waals surface area (Å²) in [6.45, 7) is 10.3. The van der Waals surface area contributed by atoms with Gasteiger partial charge in [-0.15, -0.1) is 0 Å². The number of aliphatic hydroxyl groups is 7. The Balaban J connectivity index is 0.955. The van der Waals surface area contributed by atoms with Gasteiger partial charge >= 0.3 is 0 Å². The quantitative estimate of drug-likeness (QED) is 0.150. The van der Waals surface area contributed by atoms with Gasteiger partial charge in [0, 0.05) is 41.4 Å². The smallest absolute Gasteiger partial charge is 0.187 e. The van der Waals surface area contributed by atoms with Crippen molar-refractivity contribution in [3.63, 3.8) is 0 Å². The largest absolute Gasteiger partial charge is 0.394 e. The molecule has 0 amide bonds. The zero-order chi connectivity index (χ0) is 38.4. The summed E-state index contributed by atoms with van der Waals surface area (Å²) in [4.78, 5) is 13.2. The Kier molecular flexibility index (Phi) is 9.17. The molecule has 3 saturated carbocycles. The molecule has 15 heteroatoms. The topological polar surface area (TPSA) is 215 Å². The molecule has 0 aromatic rings. The highest BCUT2D eigenvalue weighted by atomic mass is 17.2. The first-order valence-corrected chi connectivity index (χ1v) is 20.2. The van der Waals surface area contributed by atoms with Crippen LogP contribution < -0.4 is 0 Å². The molecule has 15 nitrogen and oxygen atoms in total. The maximum atomic E-state index is 12.8. The lowest BCUT2D eigenvalue weighted by Gasteiger charge is -2.70. The minimum absolute atomic E-state index is 0.0574. The van der Waals surface area contributed by atoms with E-state index in [9.17, 15) is 35.7 Å². The molecule has 8 fully saturated rings. The van der Waals surface area contributed by atoms with Gasteiger partial charge in [-0.2, -0.15) is 0 Å². The highest BCUT2D eigenvalue weighted by Gasteiger charge is 2.82. The van der Waals surface area contributed by atoms with Gasteiger partial charge in [0.25, 0.3) is 0 Å². The molecule has 10 rings (SSSR count). The van der Waals surface area contributed by atoms with E-state index in [1.807, 2.05) is 0 Å². The van der Waals surface area contributed by atoms with Crippen molar-refractivity contribution >= 4 is 0 Å². The molecule has 6 heterocycles. The summed E-state index contributed by atoms with van der Waals surface area (Å²) in [7, 11) is 0. The van der Waals surface area contributed by atoms with Crippen LogP contribution in [0.1, 0.15) is 86.0 Å². The fourth-order valence-corrected chi connectivity index (χ4v) is 12.9. The Morgan fingerprint density at radius 1 is 0.759 bits per heavy atom. The van der Waals surface area contributed by atoms with Crippen LogP contribution in [-0.4, -0.2) is 145 Å². The molecular weight excluding hydrogens is 708 g/mol. The van der Waals surface area contributed by atoms with E-state index >= 15 is 0 Å². The fourth-order valence-electron chi connectivity index (χ4n) is 12.9. The monoisotopic (exact) mass is 768 g/mol. The average Bonchev–Trinajstić information content (AvgIpc) is 3.51. The van der Waals surface area contributed by atoms with Crippen molar-refractivity contribution in [3.8, 4) is 0 Å². The summed E-state index contributed by atoms with van der Waals surface area (Å²) < 4.78 is 37.3. The third kappa shape index (κ3) is 4.95. The van der Waals surface area contributed by atoms with Crippen molar-refractivity contribution in [1.82, 2.24) is 0 Å². The third-order valence-corrected chi connectivity index (χ3v) is 16.4. The lowest BCUT2D eigenvalue weighted by molar-refractivity contribution is -0.500. The predicted molar refractivity (Wildman–Crippen MR) is 184 cm³/mol. The van der Waals surface area contributed by atoms with Crippen LogP contribution >= 0.6 is 0 Å². The number of hydrogen-bond acceptors (Lipinski definition) is 15. The van der Waals surface area contributed by atoms with Crippen LogP contribution in [0, 0.1) is 34.5 Å². The minimum Gasteiger partial charge on any atom is -0.394 e. The van der Waals surface area contributed by atoms with Crippen molar-refractivity contribution in [3.05, 3.63) is 12.2 Å². The standard InChI is InChI=1S/C39H60O15/c1-18-6-11-38(47-17-18)20(3)39(46)25(52-38)14-24-35(39,5)10-8-23-34(4)9-7-21(15-36(34)12-13-37(23,24)54-53-36)49-33-31(29(44)27(42)22(16-40)50-33)51-32-30(45)28(43)26(41)19(2)48-32/h12-13,18-33,40-46H,6-11,14-17H2,1-5H3. The summed E-state index contributed by atoms with van der Waals surface area (Å²) in [6.07, 6.45) is -4.92. The van der Waals surface area contributed by atoms with Crippen molar-refractivity contribution in [2.45, 2.75) is 182 Å². The van der Waals surface area contributed by atoms with Gasteiger partial charge in [-0.3, -0.25) is 0 Å². The van der Waals surface area contributed by atoms with E-state index in [1.54, 1.807) is 0 Å². The van der Waals surface area contributed by atoms with E-state index in [1.165, 1.54) is 6.92 Å². The molecule has 306 valence electrons. The maximum Gasteiger partial charge on any atom is 0.187 e. The number of ether oxygens (including phenoxy) is 6. The van der Waals surface area contributed by atoms with E-state index in [0.717, 1.165) is 25.7 Å². The van der Waals surface area contributed by atoms with E-state index < -0.39 is 102 Å². The maximum absolute atomic E-state index is 12.8. The van der Waals surface area contributed by atoms with Gasteiger partial charge in [0.1, 0.15) is 59.5 Å². The lowest BCUT2D eigenvalue weighted by atomic mass is 9.42. The van der Waals surface area contributed by atoms with E-state index in [4.69, 9.17) is 38.2 Å². The molecule has 22 atom stereocenters. The zero-order valence-corrected chi connectivity index (χ0v) is 31.9. The second kappa shape index (κ2) is 12.8. The minimum atomic E-state index is -1.66. The van der Waals surface area contributed by atoms with Crippen LogP contribution in [0.5, 0.6) is 0 Å². The van der Waals surface area contributed by atoms with Crippen molar-refractivity contribution < 1.29 is 73.9 Å². The molecule has 6 aliphatic heterocycles. The van der Waals surface area contributed by atoms with Gasteiger partial charge in [0.05, 0.1) is 31.5 Å². The molecule has 2 bridgehead atoms. The summed E-state index contributed by atoms with van der Waals surface area (Å²) in [5.74, 6) is -0.491. The number of rotatable bonds is 5. The van der Waals surface area contributed by atoms with Gasteiger partial charge in [0.15, 0.2) is 18.4 Å². The Hall–Kier alpha value is -0.860. The number of fused-ring (bicyclic) bond motifs is 4. The van der Waals surface area contributed by atoms with E-state index in [0.29, 0.717) is 38.2 Å². The molecule has 0 radical (unpaired) electrons. The molecule has 5 saturated heterocycles. The van der Waals surface area contributed by atoms with Gasteiger partial charge in [-0.1, -0.05) is 33.8 Å². The number of hydrogen-bond donors (Lipinski definition) is 7. The first-order valence-electron chi connectivity index (χ1n) is 20.2. The van der Waals surface area contributed by atoms with Crippen LogP contribution in [0.25, 0.3) is 0 Å². The molecule has 54 heavy (non-hydrogen) atoms. The second-order valence-electron chi connectivity index (χ2n) is 18.9. The van der Waals surface area contributed by atoms with Crippen LogP contribution in [-0.2, 0) is 38.2 Å². The molecule has 0 aromatic heterocycles. The summed E-state index contributed by atoms with van der Waals surface area (Å²) in [5, 5.41) is 76.0. The molecule has 7 N–H and O–H groups in total. The highest BCUT2D eigenvalue weighted by molar-refractivity contribution is 5.36. The average molecular weight is 769 g/mol. The third-order valence-electron chi connectivity index (χ3n) is 16.4. The second-order valence-corrected chi connectivity index (χ2v) is 18.9. The molecular formula is C39H60O15. The summed E-state index contributed by atoms with van der Waals surface area (Å²) >= 11 is 0. The molecule has 0 aromatic carbocycles. The molecule has 4 aliphatic carbocycles.